The van der Waals surface area contributed by atoms with E-state index in [1.54, 1.807) is 0 Å². The lowest BCUT2D eigenvalue weighted by molar-refractivity contribution is 0.125. The third kappa shape index (κ3) is 1.70. The summed E-state index contributed by atoms with van der Waals surface area (Å²) in [6.45, 7) is 5.28. The van der Waals surface area contributed by atoms with Crippen molar-refractivity contribution in [3.63, 3.8) is 0 Å². The average molecular weight is 155 g/mol. The first-order chi connectivity index (χ1) is 5.47. The van der Waals surface area contributed by atoms with Gasteiger partial charge in [0.2, 0.25) is 0 Å². The maximum atomic E-state index is 4.51. The summed E-state index contributed by atoms with van der Waals surface area (Å²) in [6, 6.07) is 0. The van der Waals surface area contributed by atoms with Crippen LogP contribution in [0, 0.1) is 0 Å². The molecule has 0 aromatic carbocycles. The zero-order valence-corrected chi connectivity index (χ0v) is 6.71. The van der Waals surface area contributed by atoms with Crippen LogP contribution in [0.1, 0.15) is 6.42 Å². The standard InChI is InChI=1S/C7H15N4/c1-2-10-11(5-1)7-6-8-3-4-9-7/h7-8,10H,1-6H2. The van der Waals surface area contributed by atoms with E-state index in [1.165, 1.54) is 6.42 Å². The van der Waals surface area contributed by atoms with Crippen LogP contribution in [0.15, 0.2) is 0 Å². The highest BCUT2D eigenvalue weighted by atomic mass is 15.6. The molecule has 0 aromatic rings. The lowest BCUT2D eigenvalue weighted by Gasteiger charge is -2.30. The van der Waals surface area contributed by atoms with E-state index in [4.69, 9.17) is 0 Å². The third-order valence-electron chi connectivity index (χ3n) is 2.21. The normalized spacial score (nSPS) is 34.4. The Bertz CT molecular complexity index is 116. The number of piperazine rings is 1. The van der Waals surface area contributed by atoms with E-state index < -0.39 is 0 Å². The van der Waals surface area contributed by atoms with Crippen molar-refractivity contribution in [1.29, 1.82) is 0 Å². The van der Waals surface area contributed by atoms with Gasteiger partial charge in [-0.1, -0.05) is 0 Å². The van der Waals surface area contributed by atoms with Crippen molar-refractivity contribution in [2.24, 2.45) is 0 Å². The first kappa shape index (κ1) is 7.49. The van der Waals surface area contributed by atoms with Crippen LogP contribution in [0.4, 0.5) is 0 Å². The Kier molecular flexibility index (Phi) is 2.38. The zero-order chi connectivity index (χ0) is 7.52. The lowest BCUT2D eigenvalue weighted by atomic mass is 10.3. The molecule has 0 saturated carbocycles. The molecule has 2 N–H and O–H groups in total. The van der Waals surface area contributed by atoms with Crippen molar-refractivity contribution < 1.29 is 0 Å². The Morgan fingerprint density at radius 1 is 1.36 bits per heavy atom. The van der Waals surface area contributed by atoms with Crippen molar-refractivity contribution in [3.8, 4) is 0 Å². The predicted molar refractivity (Wildman–Crippen MR) is 43.0 cm³/mol. The molecule has 4 heteroatoms. The average Bonchev–Trinajstić information content (AvgIpc) is 2.58. The van der Waals surface area contributed by atoms with Gasteiger partial charge in [-0.25, -0.2) is 10.3 Å². The molecule has 0 aliphatic carbocycles. The molecule has 2 heterocycles. The van der Waals surface area contributed by atoms with Crippen LogP contribution in [0.3, 0.4) is 0 Å². The first-order valence-electron chi connectivity index (χ1n) is 4.34. The van der Waals surface area contributed by atoms with E-state index in [-0.39, 0.29) is 0 Å². The van der Waals surface area contributed by atoms with E-state index in [9.17, 15) is 0 Å². The fourth-order valence-corrected chi connectivity index (χ4v) is 1.60. The highest BCUT2D eigenvalue weighted by Gasteiger charge is 2.23. The van der Waals surface area contributed by atoms with E-state index in [2.05, 4.69) is 21.1 Å². The molecule has 1 atom stereocenters. The molecule has 1 radical (unpaired) electrons. The number of hydrazine groups is 1. The highest BCUT2D eigenvalue weighted by Crippen LogP contribution is 2.02. The molecule has 4 nitrogen and oxygen atoms in total. The van der Waals surface area contributed by atoms with E-state index in [0.29, 0.717) is 6.17 Å². The van der Waals surface area contributed by atoms with Crippen molar-refractivity contribution in [2.45, 2.75) is 12.6 Å². The molecule has 2 fully saturated rings. The van der Waals surface area contributed by atoms with Gasteiger partial charge in [0.05, 0.1) is 0 Å². The predicted octanol–water partition coefficient (Wildman–Crippen LogP) is -1.27. The minimum absolute atomic E-state index is 0.381. The summed E-state index contributed by atoms with van der Waals surface area (Å²) >= 11 is 0. The summed E-state index contributed by atoms with van der Waals surface area (Å²) in [5.74, 6) is 0. The second kappa shape index (κ2) is 3.49. The Labute approximate surface area is 67.3 Å². The maximum Gasteiger partial charge on any atom is 0.102 e. The Morgan fingerprint density at radius 2 is 2.36 bits per heavy atom. The molecular weight excluding hydrogens is 140 g/mol. The van der Waals surface area contributed by atoms with Gasteiger partial charge in [0.1, 0.15) is 6.17 Å². The van der Waals surface area contributed by atoms with Gasteiger partial charge in [0.25, 0.3) is 0 Å². The van der Waals surface area contributed by atoms with E-state index in [0.717, 1.165) is 32.7 Å². The van der Waals surface area contributed by atoms with Crippen molar-refractivity contribution >= 4 is 0 Å². The largest absolute Gasteiger partial charge is 0.312 e. The van der Waals surface area contributed by atoms with Crippen LogP contribution in [-0.2, 0) is 0 Å². The van der Waals surface area contributed by atoms with Gasteiger partial charge in [-0.15, -0.1) is 0 Å². The molecule has 2 saturated heterocycles. The maximum absolute atomic E-state index is 4.51. The summed E-state index contributed by atoms with van der Waals surface area (Å²) in [7, 11) is 0. The number of hydrogen-bond donors (Lipinski definition) is 2. The van der Waals surface area contributed by atoms with E-state index >= 15 is 0 Å². The van der Waals surface area contributed by atoms with Crippen molar-refractivity contribution in [3.05, 3.63) is 0 Å². The highest BCUT2D eigenvalue weighted by molar-refractivity contribution is 4.76. The van der Waals surface area contributed by atoms with Gasteiger partial charge < -0.3 is 5.32 Å². The van der Waals surface area contributed by atoms with E-state index in [1.807, 2.05) is 0 Å². The van der Waals surface area contributed by atoms with Gasteiger partial charge in [0, 0.05) is 32.7 Å². The van der Waals surface area contributed by atoms with Gasteiger partial charge in [-0.2, -0.15) is 0 Å². The monoisotopic (exact) mass is 155 g/mol. The van der Waals surface area contributed by atoms with Gasteiger partial charge >= 0.3 is 0 Å². The van der Waals surface area contributed by atoms with Crippen LogP contribution in [0.25, 0.3) is 0 Å². The van der Waals surface area contributed by atoms with Crippen LogP contribution < -0.4 is 16.1 Å². The molecule has 0 bridgehead atoms. The molecule has 11 heavy (non-hydrogen) atoms. The smallest absolute Gasteiger partial charge is 0.102 e. The molecule has 0 aromatic heterocycles. The Balaban J connectivity index is 1.82. The minimum atomic E-state index is 0.381. The molecule has 63 valence electrons. The number of nitrogens with zero attached hydrogens (tertiary/aromatic N) is 2. The quantitative estimate of drug-likeness (QED) is 0.496. The number of rotatable bonds is 1. The fraction of sp³-hybridized carbons (Fsp3) is 1.00. The fourth-order valence-electron chi connectivity index (χ4n) is 1.60. The second-order valence-corrected chi connectivity index (χ2v) is 3.05. The topological polar surface area (TPSA) is 41.4 Å². The first-order valence-corrected chi connectivity index (χ1v) is 4.34. The third-order valence-corrected chi connectivity index (χ3v) is 2.21. The molecule has 2 rings (SSSR count). The minimum Gasteiger partial charge on any atom is -0.312 e. The Hall–Kier alpha value is -0.160. The van der Waals surface area contributed by atoms with Crippen LogP contribution in [0.2, 0.25) is 0 Å². The molecular formula is C7H15N4. The zero-order valence-electron chi connectivity index (χ0n) is 6.71. The van der Waals surface area contributed by atoms with Crippen LogP contribution in [-0.4, -0.2) is 43.9 Å². The Morgan fingerprint density at radius 3 is 3.00 bits per heavy atom. The molecule has 0 spiro atoms. The molecule has 0 amide bonds. The summed E-state index contributed by atoms with van der Waals surface area (Å²) in [4.78, 5) is 0. The number of hydrogen-bond acceptors (Lipinski definition) is 3. The molecule has 1 unspecified atom stereocenters. The van der Waals surface area contributed by atoms with Crippen molar-refractivity contribution in [1.82, 2.24) is 21.1 Å². The second-order valence-electron chi connectivity index (χ2n) is 3.05. The van der Waals surface area contributed by atoms with Crippen LogP contribution in [0.5, 0.6) is 0 Å². The van der Waals surface area contributed by atoms with Gasteiger partial charge in [0.15, 0.2) is 0 Å². The van der Waals surface area contributed by atoms with Crippen LogP contribution >= 0.6 is 0 Å². The van der Waals surface area contributed by atoms with Gasteiger partial charge in [-0.05, 0) is 6.42 Å². The number of nitrogens with one attached hydrogen (secondary N) is 2. The summed E-state index contributed by atoms with van der Waals surface area (Å²) in [5, 5.41) is 10.1. The molecule has 2 aliphatic heterocycles. The summed E-state index contributed by atoms with van der Waals surface area (Å²) in [5.41, 5.74) is 3.33. The SMILES string of the molecule is C1CNN(C2CNCC[N]2)C1. The summed E-state index contributed by atoms with van der Waals surface area (Å²) in [6.07, 6.45) is 1.64. The summed E-state index contributed by atoms with van der Waals surface area (Å²) < 4.78 is 0. The lowest BCUT2D eigenvalue weighted by Crippen LogP contribution is -2.55. The van der Waals surface area contributed by atoms with Crippen molar-refractivity contribution in [2.75, 3.05) is 32.7 Å². The van der Waals surface area contributed by atoms with Gasteiger partial charge in [-0.3, -0.25) is 5.43 Å². The molecule has 2 aliphatic rings.